The lowest BCUT2D eigenvalue weighted by atomic mass is 10.2. The number of aromatic amines is 1. The minimum Gasteiger partial charge on any atom is -0.478 e. The van der Waals surface area contributed by atoms with Crippen LogP contribution in [0.2, 0.25) is 0 Å². The van der Waals surface area contributed by atoms with Gasteiger partial charge in [0.25, 0.3) is 0 Å². The molecular weight excluding hydrogens is 454 g/mol. The lowest BCUT2D eigenvalue weighted by Crippen LogP contribution is -1.99. The summed E-state index contributed by atoms with van der Waals surface area (Å²) >= 11 is 0. The van der Waals surface area contributed by atoms with Gasteiger partial charge in [-0.05, 0) is 29.7 Å². The highest BCUT2D eigenvalue weighted by Crippen LogP contribution is 2.20. The molecule has 0 aliphatic heterocycles. The average molecular weight is 482 g/mol. The molecule has 0 aliphatic carbocycles. The van der Waals surface area contributed by atoms with Gasteiger partial charge in [-0.2, -0.15) is 0 Å². The molecule has 3 aromatic heterocycles. The third-order valence-corrected chi connectivity index (χ3v) is 5.92. The predicted octanol–water partition coefficient (Wildman–Crippen LogP) is 6.01. The van der Waals surface area contributed by atoms with Crippen LogP contribution in [-0.2, 0) is 18.8 Å². The van der Waals surface area contributed by atoms with Gasteiger partial charge in [0.05, 0.1) is 18.2 Å². The van der Waals surface area contributed by atoms with Gasteiger partial charge < -0.3 is 24.0 Å². The second-order valence-electron chi connectivity index (χ2n) is 8.20. The molecule has 7 nitrogen and oxygen atoms in total. The highest BCUT2D eigenvalue weighted by atomic mass is 16.5. The summed E-state index contributed by atoms with van der Waals surface area (Å²) in [4.78, 5) is 24.9. The van der Waals surface area contributed by atoms with Crippen LogP contribution in [0.5, 0.6) is 0 Å². The Morgan fingerprint density at radius 2 is 1.42 bits per heavy atom. The van der Waals surface area contributed by atoms with Gasteiger partial charge >= 0.3 is 11.9 Å². The number of carboxylic acid groups (broad SMARTS) is 1. The fourth-order valence-electron chi connectivity index (χ4n) is 4.08. The van der Waals surface area contributed by atoms with Crippen molar-refractivity contribution in [3.05, 3.63) is 109 Å². The fourth-order valence-corrected chi connectivity index (χ4v) is 4.08. The summed E-state index contributed by atoms with van der Waals surface area (Å²) in [7, 11) is 5.36. The maximum atomic E-state index is 11.4. The summed E-state index contributed by atoms with van der Waals surface area (Å²) in [5, 5.41) is 11.7. The largest absolute Gasteiger partial charge is 0.478 e. The van der Waals surface area contributed by atoms with Crippen LogP contribution >= 0.6 is 0 Å². The molecule has 6 aromatic rings. The van der Waals surface area contributed by atoms with Crippen LogP contribution in [0.25, 0.3) is 32.7 Å². The molecule has 3 aromatic carbocycles. The lowest BCUT2D eigenvalue weighted by molar-refractivity contribution is 0.0601. The number of aryl methyl sites for hydroxylation is 2. The number of rotatable bonds is 2. The van der Waals surface area contributed by atoms with Crippen LogP contribution in [-0.4, -0.2) is 38.3 Å². The van der Waals surface area contributed by atoms with Crippen molar-refractivity contribution in [1.29, 1.82) is 0 Å². The Labute approximate surface area is 208 Å². The Morgan fingerprint density at radius 1 is 0.778 bits per heavy atom. The molecule has 0 aliphatic rings. The number of aromatic carboxylic acids is 1. The molecular formula is C29H27N3O4. The number of hydrogen-bond donors (Lipinski definition) is 2. The normalized spacial score (nSPS) is 10.4. The van der Waals surface area contributed by atoms with Crippen molar-refractivity contribution in [3.8, 4) is 0 Å². The zero-order valence-electron chi connectivity index (χ0n) is 20.3. The first-order valence-corrected chi connectivity index (χ1v) is 11.3. The van der Waals surface area contributed by atoms with Gasteiger partial charge in [-0.3, -0.25) is 0 Å². The number of carbonyl (C=O) groups excluding carboxylic acids is 1. The molecule has 0 spiro atoms. The summed E-state index contributed by atoms with van der Waals surface area (Å²) in [6.45, 7) is 0. The number of carbonyl (C=O) groups is 2. The van der Waals surface area contributed by atoms with Crippen LogP contribution in [0.15, 0.2) is 97.5 Å². The first-order chi connectivity index (χ1) is 17.4. The Hall–Kier alpha value is -4.78. The molecule has 0 fully saturated rings. The number of fused-ring (bicyclic) bond motifs is 3. The van der Waals surface area contributed by atoms with E-state index in [4.69, 9.17) is 9.84 Å². The van der Waals surface area contributed by atoms with E-state index in [1.807, 2.05) is 54.1 Å². The molecule has 182 valence electrons. The van der Waals surface area contributed by atoms with E-state index in [1.165, 1.54) is 24.2 Å². The van der Waals surface area contributed by atoms with E-state index < -0.39 is 5.97 Å². The number of aromatic nitrogens is 3. The summed E-state index contributed by atoms with van der Waals surface area (Å²) < 4.78 is 8.74. The van der Waals surface area contributed by atoms with Crippen molar-refractivity contribution in [2.45, 2.75) is 0 Å². The smallest absolute Gasteiger partial charge is 0.340 e. The number of benzene rings is 3. The van der Waals surface area contributed by atoms with Gasteiger partial charge in [0.2, 0.25) is 0 Å². The molecule has 0 bridgehead atoms. The Bertz CT molecular complexity index is 1660. The van der Waals surface area contributed by atoms with E-state index >= 15 is 0 Å². The number of H-pyrrole nitrogens is 1. The second-order valence-corrected chi connectivity index (χ2v) is 8.20. The van der Waals surface area contributed by atoms with Crippen LogP contribution in [0.1, 0.15) is 20.7 Å². The van der Waals surface area contributed by atoms with Crippen molar-refractivity contribution in [1.82, 2.24) is 14.1 Å². The minimum absolute atomic E-state index is 0.290. The molecule has 0 saturated heterocycles. The number of carboxylic acids is 1. The second kappa shape index (κ2) is 10.7. The first-order valence-electron chi connectivity index (χ1n) is 11.3. The molecule has 36 heavy (non-hydrogen) atoms. The molecule has 0 saturated carbocycles. The Balaban J connectivity index is 0.000000128. The number of nitrogens with one attached hydrogen (secondary N) is 1. The zero-order valence-corrected chi connectivity index (χ0v) is 20.3. The molecule has 6 rings (SSSR count). The Morgan fingerprint density at radius 3 is 2.11 bits per heavy atom. The quantitative estimate of drug-likeness (QED) is 0.297. The van der Waals surface area contributed by atoms with E-state index in [1.54, 1.807) is 12.3 Å². The molecule has 2 N–H and O–H groups in total. The SMILES string of the molecule is COC(=O)c1cn(C)c2ccccc12.Cn1ccc2ccccc21.O=C(O)c1c[nH]c2ccccc12. The average Bonchev–Trinajstić information content (AvgIpc) is 3.60. The summed E-state index contributed by atoms with van der Waals surface area (Å²) in [6, 6.07) is 25.6. The predicted molar refractivity (Wildman–Crippen MR) is 142 cm³/mol. The van der Waals surface area contributed by atoms with Crippen LogP contribution in [0.4, 0.5) is 0 Å². The maximum Gasteiger partial charge on any atom is 0.340 e. The first kappa shape index (κ1) is 24.3. The highest BCUT2D eigenvalue weighted by Gasteiger charge is 2.13. The van der Waals surface area contributed by atoms with Crippen molar-refractivity contribution >= 4 is 44.6 Å². The van der Waals surface area contributed by atoms with Gasteiger partial charge in [-0.25, -0.2) is 9.59 Å². The van der Waals surface area contributed by atoms with Crippen LogP contribution in [0, 0.1) is 0 Å². The van der Waals surface area contributed by atoms with E-state index in [-0.39, 0.29) is 5.97 Å². The van der Waals surface area contributed by atoms with Crippen molar-refractivity contribution < 1.29 is 19.4 Å². The molecule has 0 atom stereocenters. The van der Waals surface area contributed by atoms with E-state index in [9.17, 15) is 9.59 Å². The van der Waals surface area contributed by atoms with Gasteiger partial charge in [-0.15, -0.1) is 0 Å². The van der Waals surface area contributed by atoms with Gasteiger partial charge in [-0.1, -0.05) is 54.6 Å². The molecule has 7 heteroatoms. The molecule has 3 heterocycles. The van der Waals surface area contributed by atoms with E-state index in [0.29, 0.717) is 11.1 Å². The third-order valence-electron chi connectivity index (χ3n) is 5.92. The Kier molecular flexibility index (Phi) is 7.20. The number of ether oxygens (including phenoxy) is 1. The summed E-state index contributed by atoms with van der Waals surface area (Å²) in [6.07, 6.45) is 5.37. The topological polar surface area (TPSA) is 89.2 Å². The number of methoxy groups -OCH3 is 1. The van der Waals surface area contributed by atoms with Crippen LogP contribution < -0.4 is 0 Å². The van der Waals surface area contributed by atoms with E-state index in [2.05, 4.69) is 53.1 Å². The highest BCUT2D eigenvalue weighted by molar-refractivity contribution is 6.04. The standard InChI is InChI=1S/C11H11NO2.C9H7NO2.C9H9N/c1-12-7-9(11(13)14-2)8-5-3-4-6-10(8)12;11-9(12)7-5-10-8-4-2-1-3-6(7)8;1-10-7-6-8-4-2-3-5-9(8)10/h3-7H,1-2H3;1-5,10H,(H,11,12);2-7H,1H3. The maximum absolute atomic E-state index is 11.4. The number of para-hydroxylation sites is 3. The molecule has 0 unspecified atom stereocenters. The van der Waals surface area contributed by atoms with Crippen LogP contribution in [0.3, 0.4) is 0 Å². The van der Waals surface area contributed by atoms with Crippen molar-refractivity contribution in [2.24, 2.45) is 14.1 Å². The summed E-state index contributed by atoms with van der Waals surface area (Å²) in [5.74, 6) is -1.19. The summed E-state index contributed by atoms with van der Waals surface area (Å²) in [5.41, 5.74) is 4.13. The van der Waals surface area contributed by atoms with Gasteiger partial charge in [0.15, 0.2) is 0 Å². The minimum atomic E-state index is -0.896. The molecule has 0 amide bonds. The van der Waals surface area contributed by atoms with Gasteiger partial charge in [0, 0.05) is 60.0 Å². The third kappa shape index (κ3) is 5.00. The number of esters is 1. The fraction of sp³-hybridized carbons (Fsp3) is 0.103. The number of hydrogen-bond acceptors (Lipinski definition) is 3. The van der Waals surface area contributed by atoms with Gasteiger partial charge in [0.1, 0.15) is 0 Å². The van der Waals surface area contributed by atoms with Crippen molar-refractivity contribution in [2.75, 3.05) is 7.11 Å². The lowest BCUT2D eigenvalue weighted by Gasteiger charge is -1.95. The molecule has 0 radical (unpaired) electrons. The van der Waals surface area contributed by atoms with E-state index in [0.717, 1.165) is 21.8 Å². The zero-order chi connectivity index (χ0) is 25.7. The monoisotopic (exact) mass is 481 g/mol. The number of nitrogens with zero attached hydrogens (tertiary/aromatic N) is 2. The van der Waals surface area contributed by atoms with Crippen molar-refractivity contribution in [3.63, 3.8) is 0 Å².